The lowest BCUT2D eigenvalue weighted by atomic mass is 10.4. The van der Waals surface area contributed by atoms with Gasteiger partial charge < -0.3 is 0 Å². The smallest absolute Gasteiger partial charge is 0.199 e. The van der Waals surface area contributed by atoms with E-state index in [1.807, 2.05) is 0 Å². The SMILES string of the molecule is Cc1nn(S(=O)(=O)c2cc(Cl)c(Cl)cc2Cl)c(C)c1Cl. The van der Waals surface area contributed by atoms with Gasteiger partial charge in [0.05, 0.1) is 31.5 Å². The van der Waals surface area contributed by atoms with Crippen molar-refractivity contribution in [3.05, 3.63) is 43.6 Å². The zero-order chi connectivity index (χ0) is 15.2. The van der Waals surface area contributed by atoms with Crippen LogP contribution in [0.15, 0.2) is 17.0 Å². The minimum absolute atomic E-state index is 0.0388. The van der Waals surface area contributed by atoms with Crippen LogP contribution < -0.4 is 0 Å². The molecule has 2 aromatic rings. The van der Waals surface area contributed by atoms with Crippen LogP contribution in [0, 0.1) is 13.8 Å². The fraction of sp³-hybridized carbons (Fsp3) is 0.182. The van der Waals surface area contributed by atoms with Crippen molar-refractivity contribution in [2.45, 2.75) is 18.7 Å². The summed E-state index contributed by atoms with van der Waals surface area (Å²) in [4.78, 5) is -0.184. The number of hydrogen-bond donors (Lipinski definition) is 0. The van der Waals surface area contributed by atoms with Gasteiger partial charge in [0.15, 0.2) is 0 Å². The summed E-state index contributed by atoms with van der Waals surface area (Å²) >= 11 is 23.5. The third-order valence-corrected chi connectivity index (χ3v) is 6.04. The van der Waals surface area contributed by atoms with Crippen LogP contribution in [0.2, 0.25) is 20.1 Å². The fourth-order valence-corrected chi connectivity index (χ4v) is 4.14. The molecule has 1 aromatic carbocycles. The summed E-state index contributed by atoms with van der Waals surface area (Å²) in [7, 11) is -4.00. The van der Waals surface area contributed by atoms with Crippen LogP contribution in [0.4, 0.5) is 0 Å². The lowest BCUT2D eigenvalue weighted by Crippen LogP contribution is -2.16. The van der Waals surface area contributed by atoms with Gasteiger partial charge in [-0.1, -0.05) is 46.4 Å². The number of rotatable bonds is 2. The maximum absolute atomic E-state index is 12.6. The molecule has 0 aliphatic carbocycles. The second-order valence-corrected chi connectivity index (χ2v) is 7.36. The molecule has 0 unspecified atom stereocenters. The Balaban J connectivity index is 2.73. The van der Waals surface area contributed by atoms with E-state index in [1.54, 1.807) is 13.8 Å². The predicted molar refractivity (Wildman–Crippen MR) is 80.8 cm³/mol. The summed E-state index contributed by atoms with van der Waals surface area (Å²) in [6, 6.07) is 2.46. The molecule has 0 N–H and O–H groups in total. The Morgan fingerprint density at radius 3 is 2.05 bits per heavy atom. The van der Waals surface area contributed by atoms with E-state index in [2.05, 4.69) is 5.10 Å². The zero-order valence-electron chi connectivity index (χ0n) is 10.3. The van der Waals surface area contributed by atoms with Gasteiger partial charge >= 0.3 is 0 Å². The van der Waals surface area contributed by atoms with Gasteiger partial charge in [-0.25, -0.2) is 0 Å². The monoisotopic (exact) mass is 372 g/mol. The van der Waals surface area contributed by atoms with Crippen LogP contribution >= 0.6 is 46.4 Å². The molecular formula is C11H8Cl4N2O2S. The Morgan fingerprint density at radius 1 is 1.00 bits per heavy atom. The van der Waals surface area contributed by atoms with Crippen molar-refractivity contribution in [1.29, 1.82) is 0 Å². The summed E-state index contributed by atoms with van der Waals surface area (Å²) in [6.45, 7) is 3.16. The first-order chi connectivity index (χ1) is 9.16. The first-order valence-corrected chi connectivity index (χ1v) is 8.23. The Kier molecular flexibility index (Phi) is 4.29. The molecule has 2 rings (SSSR count). The molecule has 0 atom stereocenters. The number of hydrogen-bond acceptors (Lipinski definition) is 3. The molecule has 4 nitrogen and oxygen atoms in total. The van der Waals surface area contributed by atoms with Crippen molar-refractivity contribution in [3.63, 3.8) is 0 Å². The van der Waals surface area contributed by atoms with E-state index in [9.17, 15) is 8.42 Å². The van der Waals surface area contributed by atoms with Crippen LogP contribution in [-0.4, -0.2) is 17.6 Å². The van der Waals surface area contributed by atoms with E-state index in [-0.39, 0.29) is 25.0 Å². The van der Waals surface area contributed by atoms with Gasteiger partial charge in [-0.05, 0) is 26.0 Å². The van der Waals surface area contributed by atoms with Gasteiger partial charge in [-0.2, -0.15) is 17.6 Å². The largest absolute Gasteiger partial charge is 0.284 e. The first kappa shape index (κ1) is 15.9. The summed E-state index contributed by atoms with van der Waals surface area (Å²) in [5, 5.41) is 4.41. The van der Waals surface area contributed by atoms with Crippen LogP contribution in [0.25, 0.3) is 0 Å². The highest BCUT2D eigenvalue weighted by Gasteiger charge is 2.26. The molecule has 0 spiro atoms. The molecule has 20 heavy (non-hydrogen) atoms. The highest BCUT2D eigenvalue weighted by Crippen LogP contribution is 2.33. The summed E-state index contributed by atoms with van der Waals surface area (Å²) in [6.07, 6.45) is 0. The van der Waals surface area contributed by atoms with Gasteiger partial charge in [-0.3, -0.25) is 0 Å². The summed E-state index contributed by atoms with van der Waals surface area (Å²) in [5.74, 6) is 0. The van der Waals surface area contributed by atoms with E-state index < -0.39 is 10.0 Å². The first-order valence-electron chi connectivity index (χ1n) is 5.28. The number of benzene rings is 1. The Labute approximate surface area is 136 Å². The highest BCUT2D eigenvalue weighted by atomic mass is 35.5. The molecule has 0 aliphatic rings. The van der Waals surface area contributed by atoms with E-state index in [4.69, 9.17) is 46.4 Å². The molecule has 0 saturated carbocycles. The van der Waals surface area contributed by atoms with Crippen molar-refractivity contribution in [3.8, 4) is 0 Å². The predicted octanol–water partition coefficient (Wildman–Crippen LogP) is 4.35. The van der Waals surface area contributed by atoms with Crippen LogP contribution in [0.5, 0.6) is 0 Å². The van der Waals surface area contributed by atoms with Gasteiger partial charge in [0.2, 0.25) is 0 Å². The Morgan fingerprint density at radius 2 is 1.55 bits per heavy atom. The number of aromatic nitrogens is 2. The second kappa shape index (κ2) is 5.39. The quantitative estimate of drug-likeness (QED) is 0.735. The third kappa shape index (κ3) is 2.53. The topological polar surface area (TPSA) is 52.0 Å². The van der Waals surface area contributed by atoms with E-state index in [0.29, 0.717) is 11.4 Å². The molecule has 0 fully saturated rings. The molecule has 1 aromatic heterocycles. The lowest BCUT2D eigenvalue weighted by Gasteiger charge is -2.09. The van der Waals surface area contributed by atoms with Crippen molar-refractivity contribution in [1.82, 2.24) is 9.19 Å². The summed E-state index contributed by atoms with van der Waals surface area (Å²) in [5.41, 5.74) is 0.704. The molecule has 0 saturated heterocycles. The molecule has 0 amide bonds. The van der Waals surface area contributed by atoms with Crippen molar-refractivity contribution >= 4 is 56.4 Å². The number of aryl methyl sites for hydroxylation is 1. The van der Waals surface area contributed by atoms with E-state index in [0.717, 1.165) is 4.09 Å². The Hall–Kier alpha value is -0.460. The minimum atomic E-state index is -4.00. The summed E-state index contributed by atoms with van der Waals surface area (Å²) < 4.78 is 25.9. The number of halogens is 4. The Bertz CT molecular complexity index is 799. The van der Waals surface area contributed by atoms with Gasteiger partial charge in [0.1, 0.15) is 4.90 Å². The van der Waals surface area contributed by atoms with Gasteiger partial charge in [-0.15, -0.1) is 0 Å². The van der Waals surface area contributed by atoms with Crippen molar-refractivity contribution in [2.75, 3.05) is 0 Å². The van der Waals surface area contributed by atoms with Crippen molar-refractivity contribution < 1.29 is 8.42 Å². The zero-order valence-corrected chi connectivity index (χ0v) is 14.1. The number of nitrogens with zero attached hydrogens (tertiary/aromatic N) is 2. The van der Waals surface area contributed by atoms with Gasteiger partial charge in [0.25, 0.3) is 10.0 Å². The minimum Gasteiger partial charge on any atom is -0.199 e. The normalized spacial score (nSPS) is 11.9. The van der Waals surface area contributed by atoms with Crippen LogP contribution in [0.1, 0.15) is 11.4 Å². The standard InChI is InChI=1S/C11H8Cl4N2O2S/c1-5-11(15)6(2)17(16-5)20(18,19)10-4-8(13)7(12)3-9(10)14/h3-4H,1-2H3. The maximum atomic E-state index is 12.6. The fourth-order valence-electron chi connectivity index (χ4n) is 1.63. The molecule has 1 heterocycles. The molecule has 0 aliphatic heterocycles. The second-order valence-electron chi connectivity index (χ2n) is 4.03. The third-order valence-electron chi connectivity index (χ3n) is 2.64. The van der Waals surface area contributed by atoms with E-state index in [1.165, 1.54) is 12.1 Å². The maximum Gasteiger partial charge on any atom is 0.284 e. The average molecular weight is 374 g/mol. The van der Waals surface area contributed by atoms with Crippen molar-refractivity contribution in [2.24, 2.45) is 0 Å². The average Bonchev–Trinajstić information content (AvgIpc) is 2.62. The van der Waals surface area contributed by atoms with Crippen LogP contribution in [-0.2, 0) is 10.0 Å². The molecular weight excluding hydrogens is 366 g/mol. The van der Waals surface area contributed by atoms with Gasteiger partial charge in [0, 0.05) is 0 Å². The molecule has 9 heteroatoms. The lowest BCUT2D eigenvalue weighted by molar-refractivity contribution is 0.578. The highest BCUT2D eigenvalue weighted by molar-refractivity contribution is 7.90. The molecule has 0 radical (unpaired) electrons. The van der Waals surface area contributed by atoms with E-state index >= 15 is 0 Å². The molecule has 0 bridgehead atoms. The molecule has 108 valence electrons. The van der Waals surface area contributed by atoms with Crippen LogP contribution in [0.3, 0.4) is 0 Å².